The van der Waals surface area contributed by atoms with Crippen molar-refractivity contribution in [1.82, 2.24) is 0 Å². The first-order valence-corrected chi connectivity index (χ1v) is 5.85. The first-order chi connectivity index (χ1) is 6.56. The molecule has 0 amide bonds. The maximum absolute atomic E-state index is 7.02. The molecular formula is C13H28. The van der Waals surface area contributed by atoms with Gasteiger partial charge in [-0.2, -0.15) is 0 Å². The minimum Gasteiger partial charge on any atom is -0.0654 e. The molecule has 0 rings (SSSR count). The van der Waals surface area contributed by atoms with Crippen molar-refractivity contribution in [3.63, 3.8) is 0 Å². The van der Waals surface area contributed by atoms with Crippen molar-refractivity contribution in [1.29, 1.82) is 0 Å². The third-order valence-corrected chi connectivity index (χ3v) is 2.43. The van der Waals surface area contributed by atoms with Gasteiger partial charge < -0.3 is 0 Å². The molecule has 0 aliphatic rings. The van der Waals surface area contributed by atoms with Crippen LogP contribution in [0.3, 0.4) is 0 Å². The van der Waals surface area contributed by atoms with Crippen LogP contribution in [-0.4, -0.2) is 0 Å². The van der Waals surface area contributed by atoms with Gasteiger partial charge >= 0.3 is 0 Å². The molecule has 0 unspecified atom stereocenters. The van der Waals surface area contributed by atoms with Gasteiger partial charge in [-0.25, -0.2) is 0 Å². The van der Waals surface area contributed by atoms with Crippen molar-refractivity contribution in [2.24, 2.45) is 5.41 Å². The standard InChI is InChI=1S/C13H28/c1-5-6-7-8-9-10-11-12-13(2,3)4/h5-12H2,1-4H3/i1D. The van der Waals surface area contributed by atoms with E-state index in [9.17, 15) is 0 Å². The Morgan fingerprint density at radius 2 is 1.38 bits per heavy atom. The Morgan fingerprint density at radius 1 is 0.846 bits per heavy atom. The third kappa shape index (κ3) is 12.0. The van der Waals surface area contributed by atoms with E-state index in [0.717, 1.165) is 6.42 Å². The molecule has 0 spiro atoms. The van der Waals surface area contributed by atoms with E-state index >= 15 is 0 Å². The monoisotopic (exact) mass is 185 g/mol. The van der Waals surface area contributed by atoms with Gasteiger partial charge in [0, 0.05) is 1.37 Å². The molecule has 0 aromatic heterocycles. The molecule has 0 aromatic rings. The van der Waals surface area contributed by atoms with Crippen molar-refractivity contribution in [3.8, 4) is 0 Å². The molecule has 0 N–H and O–H groups in total. The number of hydrogen-bond acceptors (Lipinski definition) is 0. The van der Waals surface area contributed by atoms with Crippen LogP contribution < -0.4 is 0 Å². The zero-order valence-electron chi connectivity index (χ0n) is 10.9. The molecule has 0 aromatic carbocycles. The van der Waals surface area contributed by atoms with Crippen molar-refractivity contribution in [2.45, 2.75) is 79.0 Å². The molecule has 0 nitrogen and oxygen atoms in total. The minimum atomic E-state index is 0.519. The smallest absolute Gasteiger partial charge is 0.0230 e. The average molecular weight is 185 g/mol. The van der Waals surface area contributed by atoms with E-state index in [1.807, 2.05) is 0 Å². The van der Waals surface area contributed by atoms with Gasteiger partial charge in [-0.1, -0.05) is 72.6 Å². The summed E-state index contributed by atoms with van der Waals surface area (Å²) in [5.41, 5.74) is 0.519. The molecule has 0 saturated carbocycles. The van der Waals surface area contributed by atoms with Gasteiger partial charge in [0.1, 0.15) is 0 Å². The van der Waals surface area contributed by atoms with Gasteiger partial charge in [-0.3, -0.25) is 0 Å². The van der Waals surface area contributed by atoms with Crippen molar-refractivity contribution >= 4 is 0 Å². The Labute approximate surface area is 86.5 Å². The van der Waals surface area contributed by atoms with Crippen LogP contribution in [0.4, 0.5) is 0 Å². The lowest BCUT2D eigenvalue weighted by Crippen LogP contribution is -2.03. The Hall–Kier alpha value is 0. The van der Waals surface area contributed by atoms with Crippen LogP contribution in [-0.2, 0) is 0 Å². The molecule has 0 fully saturated rings. The van der Waals surface area contributed by atoms with Crippen LogP contribution in [0.1, 0.15) is 80.4 Å². The summed E-state index contributed by atoms with van der Waals surface area (Å²) in [6, 6.07) is 0. The second kappa shape index (κ2) is 7.41. The van der Waals surface area contributed by atoms with Crippen molar-refractivity contribution in [3.05, 3.63) is 0 Å². The Balaban J connectivity index is 2.99. The fourth-order valence-electron chi connectivity index (χ4n) is 1.54. The summed E-state index contributed by atoms with van der Waals surface area (Å²) in [7, 11) is 0. The maximum atomic E-state index is 7.02. The Morgan fingerprint density at radius 3 is 1.92 bits per heavy atom. The number of unbranched alkanes of at least 4 members (excludes halogenated alkanes) is 6. The van der Waals surface area contributed by atoms with E-state index in [1.165, 1.54) is 44.9 Å². The molecule has 0 aliphatic carbocycles. The Bertz CT molecular complexity index is 113. The van der Waals surface area contributed by atoms with Gasteiger partial charge in [0.15, 0.2) is 0 Å². The van der Waals surface area contributed by atoms with Gasteiger partial charge in [0.05, 0.1) is 0 Å². The third-order valence-electron chi connectivity index (χ3n) is 2.43. The van der Waals surface area contributed by atoms with Gasteiger partial charge in [-0.05, 0) is 11.8 Å². The fraction of sp³-hybridized carbons (Fsp3) is 1.00. The molecule has 0 heteroatoms. The van der Waals surface area contributed by atoms with E-state index < -0.39 is 0 Å². The molecule has 0 radical (unpaired) electrons. The van der Waals surface area contributed by atoms with E-state index in [0.29, 0.717) is 12.3 Å². The number of rotatable bonds is 7. The quantitative estimate of drug-likeness (QED) is 0.480. The van der Waals surface area contributed by atoms with Crippen LogP contribution in [0.25, 0.3) is 0 Å². The topological polar surface area (TPSA) is 0 Å². The zero-order valence-corrected chi connectivity index (χ0v) is 9.86. The highest BCUT2D eigenvalue weighted by Crippen LogP contribution is 2.22. The van der Waals surface area contributed by atoms with Gasteiger partial charge in [-0.15, -0.1) is 0 Å². The van der Waals surface area contributed by atoms with Gasteiger partial charge in [0.25, 0.3) is 0 Å². The SMILES string of the molecule is [2H]CCCCCCCCCC(C)(C)C. The summed E-state index contributed by atoms with van der Waals surface area (Å²) in [6.07, 6.45) is 10.6. The van der Waals surface area contributed by atoms with E-state index in [4.69, 9.17) is 1.37 Å². The van der Waals surface area contributed by atoms with Crippen LogP contribution >= 0.6 is 0 Å². The molecule has 0 bridgehead atoms. The molecular weight excluding hydrogens is 156 g/mol. The lowest BCUT2D eigenvalue weighted by Gasteiger charge is -2.17. The lowest BCUT2D eigenvalue weighted by atomic mass is 9.89. The summed E-state index contributed by atoms with van der Waals surface area (Å²) in [4.78, 5) is 0. The highest BCUT2D eigenvalue weighted by molar-refractivity contribution is 4.60. The predicted molar refractivity (Wildman–Crippen MR) is 62.1 cm³/mol. The lowest BCUT2D eigenvalue weighted by molar-refractivity contribution is 0.356. The molecule has 0 aliphatic heterocycles. The van der Waals surface area contributed by atoms with Crippen LogP contribution in [0.5, 0.6) is 0 Å². The first kappa shape index (κ1) is 11.1. The highest BCUT2D eigenvalue weighted by atomic mass is 14.1. The predicted octanol–water partition coefficient (Wildman–Crippen LogP) is 5.17. The Kier molecular flexibility index (Phi) is 6.31. The molecule has 0 saturated heterocycles. The van der Waals surface area contributed by atoms with Gasteiger partial charge in [0.2, 0.25) is 0 Å². The minimum absolute atomic E-state index is 0.519. The van der Waals surface area contributed by atoms with Crippen molar-refractivity contribution in [2.75, 3.05) is 0 Å². The van der Waals surface area contributed by atoms with E-state index in [1.54, 1.807) is 0 Å². The second-order valence-corrected chi connectivity index (χ2v) is 5.29. The maximum Gasteiger partial charge on any atom is 0.0230 e. The summed E-state index contributed by atoms with van der Waals surface area (Å²) >= 11 is 0. The van der Waals surface area contributed by atoms with Crippen LogP contribution in [0.2, 0.25) is 0 Å². The highest BCUT2D eigenvalue weighted by Gasteiger charge is 2.08. The average Bonchev–Trinajstić information content (AvgIpc) is 2.08. The molecule has 0 heterocycles. The first-order valence-electron chi connectivity index (χ1n) is 6.56. The summed E-state index contributed by atoms with van der Waals surface area (Å²) in [6.45, 7) is 7.58. The molecule has 13 heavy (non-hydrogen) atoms. The fourth-order valence-corrected chi connectivity index (χ4v) is 1.54. The van der Waals surface area contributed by atoms with Crippen LogP contribution in [0.15, 0.2) is 0 Å². The summed E-state index contributed by atoms with van der Waals surface area (Å²) in [5.74, 6) is 0. The largest absolute Gasteiger partial charge is 0.0654 e. The zero-order chi connectivity index (χ0) is 10.9. The number of hydrogen-bond donors (Lipinski definition) is 0. The summed E-state index contributed by atoms with van der Waals surface area (Å²) in [5, 5.41) is 0. The molecule has 80 valence electrons. The summed E-state index contributed by atoms with van der Waals surface area (Å²) < 4.78 is 7.02. The van der Waals surface area contributed by atoms with Crippen molar-refractivity contribution < 1.29 is 1.37 Å². The van der Waals surface area contributed by atoms with Crippen LogP contribution in [0, 0.1) is 5.41 Å². The van der Waals surface area contributed by atoms with E-state index in [2.05, 4.69) is 20.8 Å². The normalized spacial score (nSPS) is 13.0. The second-order valence-electron chi connectivity index (χ2n) is 5.29. The molecule has 0 atom stereocenters. The van der Waals surface area contributed by atoms with E-state index in [-0.39, 0.29) is 0 Å².